The van der Waals surface area contributed by atoms with E-state index in [2.05, 4.69) is 9.97 Å². The zero-order chi connectivity index (χ0) is 14.8. The van der Waals surface area contributed by atoms with Gasteiger partial charge in [0.05, 0.1) is 5.92 Å². The summed E-state index contributed by atoms with van der Waals surface area (Å²) < 4.78 is 0. The number of likely N-dealkylation sites (tertiary alicyclic amines) is 1. The molecule has 2 fully saturated rings. The van der Waals surface area contributed by atoms with E-state index in [4.69, 9.17) is 5.11 Å². The lowest BCUT2D eigenvalue weighted by Gasteiger charge is -2.32. The maximum Gasteiger partial charge on any atom is 0.306 e. The van der Waals surface area contributed by atoms with Crippen LogP contribution in [0.15, 0.2) is 12.4 Å². The first-order chi connectivity index (χ1) is 10.1. The number of carboxylic acid groups (broad SMARTS) is 1. The highest BCUT2D eigenvalue weighted by molar-refractivity contribution is 5.81. The van der Waals surface area contributed by atoms with Crippen molar-refractivity contribution in [1.29, 1.82) is 0 Å². The van der Waals surface area contributed by atoms with E-state index in [-0.39, 0.29) is 17.7 Å². The van der Waals surface area contributed by atoms with Crippen molar-refractivity contribution in [1.82, 2.24) is 14.9 Å². The Hall–Kier alpha value is -1.85. The fourth-order valence-electron chi connectivity index (χ4n) is 3.56. The van der Waals surface area contributed by atoms with Gasteiger partial charge in [-0.2, -0.15) is 0 Å². The minimum absolute atomic E-state index is 0.0914. The number of nitrogens with zero attached hydrogens (tertiary/aromatic N) is 2. The van der Waals surface area contributed by atoms with E-state index in [1.54, 1.807) is 6.20 Å². The molecule has 2 aliphatic rings. The van der Waals surface area contributed by atoms with Crippen molar-refractivity contribution in [2.45, 2.75) is 38.0 Å². The van der Waals surface area contributed by atoms with Gasteiger partial charge in [-0.05, 0) is 32.1 Å². The van der Waals surface area contributed by atoms with E-state index >= 15 is 0 Å². The molecule has 6 heteroatoms. The highest BCUT2D eigenvalue weighted by Gasteiger charge is 2.37. The summed E-state index contributed by atoms with van der Waals surface area (Å²) in [6.45, 7) is 1.50. The molecule has 2 N–H and O–H groups in total. The highest BCUT2D eigenvalue weighted by Crippen LogP contribution is 2.34. The van der Waals surface area contributed by atoms with Crippen molar-refractivity contribution < 1.29 is 14.7 Å². The van der Waals surface area contributed by atoms with Gasteiger partial charge < -0.3 is 15.0 Å². The quantitative estimate of drug-likeness (QED) is 0.886. The van der Waals surface area contributed by atoms with Crippen molar-refractivity contribution >= 4 is 11.9 Å². The number of carboxylic acids is 1. The number of rotatable bonds is 3. The van der Waals surface area contributed by atoms with Gasteiger partial charge in [0.2, 0.25) is 5.91 Å². The van der Waals surface area contributed by atoms with E-state index in [0.717, 1.165) is 31.8 Å². The van der Waals surface area contributed by atoms with Crippen LogP contribution < -0.4 is 0 Å². The average Bonchev–Trinajstić information content (AvgIpc) is 3.18. The lowest BCUT2D eigenvalue weighted by Crippen LogP contribution is -2.41. The standard InChI is InChI=1S/C15H21N3O3/c19-14(11-1-2-12(9-11)15(20)21)18-7-3-10(4-8-18)13-16-5-6-17-13/h5-6,10-12H,1-4,7-9H2,(H,16,17)(H,20,21)/t11-,12+/m0/s1. The number of aromatic nitrogens is 2. The van der Waals surface area contributed by atoms with Gasteiger partial charge in [0.1, 0.15) is 5.82 Å². The molecule has 0 spiro atoms. The van der Waals surface area contributed by atoms with Gasteiger partial charge in [-0.3, -0.25) is 9.59 Å². The van der Waals surface area contributed by atoms with Gasteiger partial charge >= 0.3 is 5.97 Å². The number of aliphatic carboxylic acids is 1. The SMILES string of the molecule is O=C(O)[C@@H]1CC[C@H](C(=O)N2CCC(c3ncc[nH]3)CC2)C1. The summed E-state index contributed by atoms with van der Waals surface area (Å²) in [7, 11) is 0. The third-order valence-electron chi connectivity index (χ3n) is 4.84. The maximum atomic E-state index is 12.5. The maximum absolute atomic E-state index is 12.5. The van der Waals surface area contributed by atoms with Crippen LogP contribution in [0.3, 0.4) is 0 Å². The smallest absolute Gasteiger partial charge is 0.306 e. The second-order valence-corrected chi connectivity index (χ2v) is 6.12. The van der Waals surface area contributed by atoms with Crippen LogP contribution in [0.25, 0.3) is 0 Å². The molecule has 6 nitrogen and oxygen atoms in total. The molecule has 1 aliphatic carbocycles. The van der Waals surface area contributed by atoms with E-state index in [9.17, 15) is 9.59 Å². The van der Waals surface area contributed by atoms with Crippen LogP contribution in [0.5, 0.6) is 0 Å². The van der Waals surface area contributed by atoms with Crippen LogP contribution in [-0.4, -0.2) is 44.9 Å². The molecule has 3 rings (SSSR count). The number of piperidine rings is 1. The summed E-state index contributed by atoms with van der Waals surface area (Å²) in [6.07, 6.45) is 7.30. The molecule has 1 aliphatic heterocycles. The summed E-state index contributed by atoms with van der Waals surface area (Å²) in [6, 6.07) is 0. The molecule has 1 aromatic heterocycles. The molecule has 1 saturated carbocycles. The molecule has 0 aromatic carbocycles. The van der Waals surface area contributed by atoms with Crippen LogP contribution in [-0.2, 0) is 9.59 Å². The largest absolute Gasteiger partial charge is 0.481 e. The molecule has 21 heavy (non-hydrogen) atoms. The third kappa shape index (κ3) is 2.94. The Labute approximate surface area is 123 Å². The van der Waals surface area contributed by atoms with Crippen LogP contribution >= 0.6 is 0 Å². The lowest BCUT2D eigenvalue weighted by atomic mass is 9.94. The fourth-order valence-corrected chi connectivity index (χ4v) is 3.56. The summed E-state index contributed by atoms with van der Waals surface area (Å²) in [5, 5.41) is 9.03. The monoisotopic (exact) mass is 291 g/mol. The van der Waals surface area contributed by atoms with Gasteiger partial charge in [0, 0.05) is 37.3 Å². The number of H-pyrrole nitrogens is 1. The highest BCUT2D eigenvalue weighted by atomic mass is 16.4. The number of carbonyl (C=O) groups is 2. The first kappa shape index (κ1) is 14.1. The third-order valence-corrected chi connectivity index (χ3v) is 4.84. The molecular formula is C15H21N3O3. The van der Waals surface area contributed by atoms with Crippen molar-refractivity contribution in [2.24, 2.45) is 11.8 Å². The molecule has 114 valence electrons. The summed E-state index contributed by atoms with van der Waals surface area (Å²) in [5.74, 6) is 0.373. The van der Waals surface area contributed by atoms with Crippen molar-refractivity contribution in [3.05, 3.63) is 18.2 Å². The Morgan fingerprint density at radius 1 is 1.19 bits per heavy atom. The predicted octanol–water partition coefficient (Wildman–Crippen LogP) is 1.62. The first-order valence-electron chi connectivity index (χ1n) is 7.66. The number of amides is 1. The Morgan fingerprint density at radius 2 is 1.90 bits per heavy atom. The zero-order valence-electron chi connectivity index (χ0n) is 12.0. The fraction of sp³-hybridized carbons (Fsp3) is 0.667. The van der Waals surface area contributed by atoms with Gasteiger partial charge in [0.15, 0.2) is 0 Å². The number of hydrogen-bond donors (Lipinski definition) is 2. The topological polar surface area (TPSA) is 86.3 Å². The average molecular weight is 291 g/mol. The van der Waals surface area contributed by atoms with Crippen molar-refractivity contribution in [3.63, 3.8) is 0 Å². The van der Waals surface area contributed by atoms with Crippen LogP contribution in [0, 0.1) is 11.8 Å². The number of imidazole rings is 1. The van der Waals surface area contributed by atoms with Gasteiger partial charge in [0.25, 0.3) is 0 Å². The van der Waals surface area contributed by atoms with Crippen LogP contribution in [0.2, 0.25) is 0 Å². The van der Waals surface area contributed by atoms with Crippen LogP contribution in [0.1, 0.15) is 43.8 Å². The van der Waals surface area contributed by atoms with Crippen molar-refractivity contribution in [2.75, 3.05) is 13.1 Å². The second-order valence-electron chi connectivity index (χ2n) is 6.12. The number of nitrogens with one attached hydrogen (secondary N) is 1. The molecule has 2 heterocycles. The molecule has 0 bridgehead atoms. The Kier molecular flexibility index (Phi) is 3.94. The summed E-state index contributed by atoms with van der Waals surface area (Å²) in [4.78, 5) is 32.8. The van der Waals surface area contributed by atoms with E-state index in [0.29, 0.717) is 25.2 Å². The Morgan fingerprint density at radius 3 is 2.48 bits per heavy atom. The molecule has 2 atom stereocenters. The molecule has 0 radical (unpaired) electrons. The summed E-state index contributed by atoms with van der Waals surface area (Å²) in [5.41, 5.74) is 0. The van der Waals surface area contributed by atoms with Gasteiger partial charge in [-0.15, -0.1) is 0 Å². The number of hydrogen-bond acceptors (Lipinski definition) is 3. The van der Waals surface area contributed by atoms with Crippen molar-refractivity contribution in [3.8, 4) is 0 Å². The molecular weight excluding hydrogens is 270 g/mol. The van der Waals surface area contributed by atoms with E-state index < -0.39 is 5.97 Å². The molecule has 1 amide bonds. The molecule has 1 aromatic rings. The van der Waals surface area contributed by atoms with Gasteiger partial charge in [-0.1, -0.05) is 0 Å². The molecule has 0 unspecified atom stereocenters. The number of carbonyl (C=O) groups excluding carboxylic acids is 1. The minimum atomic E-state index is -0.762. The van der Waals surface area contributed by atoms with Crippen LogP contribution in [0.4, 0.5) is 0 Å². The summed E-state index contributed by atoms with van der Waals surface area (Å²) >= 11 is 0. The van der Waals surface area contributed by atoms with E-state index in [1.165, 1.54) is 0 Å². The number of aromatic amines is 1. The first-order valence-corrected chi connectivity index (χ1v) is 7.66. The lowest BCUT2D eigenvalue weighted by molar-refractivity contribution is -0.141. The normalized spacial score (nSPS) is 27.0. The predicted molar refractivity (Wildman–Crippen MR) is 75.6 cm³/mol. The van der Waals surface area contributed by atoms with Gasteiger partial charge in [-0.25, -0.2) is 4.98 Å². The molecule has 1 saturated heterocycles. The zero-order valence-corrected chi connectivity index (χ0v) is 12.0. The Balaban J connectivity index is 1.52. The Bertz CT molecular complexity index is 506. The minimum Gasteiger partial charge on any atom is -0.481 e. The second kappa shape index (κ2) is 5.87. The van der Waals surface area contributed by atoms with E-state index in [1.807, 2.05) is 11.1 Å².